The molecule has 0 aliphatic carbocycles. The summed E-state index contributed by atoms with van der Waals surface area (Å²) in [6.45, 7) is 4.58. The number of aliphatic carboxylic acids is 1. The van der Waals surface area contributed by atoms with E-state index in [1.165, 1.54) is 4.31 Å². The van der Waals surface area contributed by atoms with Gasteiger partial charge in [0, 0.05) is 19.7 Å². The van der Waals surface area contributed by atoms with E-state index in [1.54, 1.807) is 13.8 Å². The molecule has 0 bridgehead atoms. The SMILES string of the molecule is CCOCCS(=O)(=O)N1CCC(CC)(C(=O)O)C1. The van der Waals surface area contributed by atoms with Crippen LogP contribution in [0.3, 0.4) is 0 Å². The molecule has 0 aromatic carbocycles. The standard InChI is InChI=1S/C11H21NO5S/c1-3-11(10(13)14)5-6-12(9-11)18(15,16)8-7-17-4-2/h3-9H2,1-2H3,(H,13,14). The molecule has 1 aliphatic rings. The van der Waals surface area contributed by atoms with Crippen LogP contribution in [0.4, 0.5) is 0 Å². The molecule has 1 N–H and O–H groups in total. The van der Waals surface area contributed by atoms with Crippen LogP contribution in [0.2, 0.25) is 0 Å². The fourth-order valence-corrected chi connectivity index (χ4v) is 3.52. The van der Waals surface area contributed by atoms with Crippen molar-refractivity contribution in [2.75, 3.05) is 32.1 Å². The van der Waals surface area contributed by atoms with E-state index in [0.717, 1.165) is 0 Å². The predicted molar refractivity (Wildman–Crippen MR) is 66.8 cm³/mol. The molecule has 0 amide bonds. The van der Waals surface area contributed by atoms with Crippen molar-refractivity contribution in [3.05, 3.63) is 0 Å². The summed E-state index contributed by atoms with van der Waals surface area (Å²) in [5, 5.41) is 9.22. The van der Waals surface area contributed by atoms with Crippen LogP contribution >= 0.6 is 0 Å². The molecule has 1 saturated heterocycles. The zero-order valence-corrected chi connectivity index (χ0v) is 11.7. The van der Waals surface area contributed by atoms with Crippen molar-refractivity contribution in [2.45, 2.75) is 26.7 Å². The van der Waals surface area contributed by atoms with E-state index in [0.29, 0.717) is 19.4 Å². The van der Waals surface area contributed by atoms with Crippen molar-refractivity contribution in [3.8, 4) is 0 Å². The second kappa shape index (κ2) is 5.99. The molecule has 0 aromatic rings. The Kier molecular flexibility index (Phi) is 5.12. The van der Waals surface area contributed by atoms with E-state index in [4.69, 9.17) is 4.74 Å². The lowest BCUT2D eigenvalue weighted by molar-refractivity contribution is -0.148. The van der Waals surface area contributed by atoms with Crippen LogP contribution in [0, 0.1) is 5.41 Å². The third kappa shape index (κ3) is 3.21. The Bertz CT molecular complexity index is 394. The lowest BCUT2D eigenvalue weighted by Crippen LogP contribution is -2.38. The van der Waals surface area contributed by atoms with Gasteiger partial charge in [-0.1, -0.05) is 6.92 Å². The van der Waals surface area contributed by atoms with Crippen LogP contribution in [-0.4, -0.2) is 55.9 Å². The Hall–Kier alpha value is -0.660. The van der Waals surface area contributed by atoms with Gasteiger partial charge in [-0.2, -0.15) is 0 Å². The summed E-state index contributed by atoms with van der Waals surface area (Å²) < 4.78 is 30.3. The largest absolute Gasteiger partial charge is 0.481 e. The summed E-state index contributed by atoms with van der Waals surface area (Å²) in [5.74, 6) is -0.993. The zero-order valence-electron chi connectivity index (χ0n) is 10.9. The molecule has 1 rings (SSSR count). The predicted octanol–water partition coefficient (Wildman–Crippen LogP) is 0.539. The third-order valence-corrected chi connectivity index (χ3v) is 5.31. The maximum Gasteiger partial charge on any atom is 0.311 e. The minimum Gasteiger partial charge on any atom is -0.481 e. The van der Waals surface area contributed by atoms with Crippen LogP contribution in [0.5, 0.6) is 0 Å². The molecule has 18 heavy (non-hydrogen) atoms. The minimum atomic E-state index is -3.40. The highest BCUT2D eigenvalue weighted by atomic mass is 32.2. The number of rotatable bonds is 7. The molecule has 0 spiro atoms. The molecule has 6 nitrogen and oxygen atoms in total. The highest BCUT2D eigenvalue weighted by Gasteiger charge is 2.46. The molecule has 106 valence electrons. The van der Waals surface area contributed by atoms with Crippen molar-refractivity contribution in [1.29, 1.82) is 0 Å². The Morgan fingerprint density at radius 1 is 1.44 bits per heavy atom. The summed E-state index contributed by atoms with van der Waals surface area (Å²) in [6, 6.07) is 0. The quantitative estimate of drug-likeness (QED) is 0.688. The van der Waals surface area contributed by atoms with E-state index >= 15 is 0 Å². The molecule has 0 aromatic heterocycles. The van der Waals surface area contributed by atoms with E-state index in [1.807, 2.05) is 0 Å². The second-order valence-electron chi connectivity index (χ2n) is 4.54. The van der Waals surface area contributed by atoms with Crippen LogP contribution in [0.1, 0.15) is 26.7 Å². The van der Waals surface area contributed by atoms with Crippen molar-refractivity contribution in [2.24, 2.45) is 5.41 Å². The van der Waals surface area contributed by atoms with Gasteiger partial charge in [0.2, 0.25) is 10.0 Å². The zero-order chi connectivity index (χ0) is 13.8. The molecule has 1 aliphatic heterocycles. The van der Waals surface area contributed by atoms with Gasteiger partial charge < -0.3 is 9.84 Å². The Labute approximate surface area is 108 Å². The number of ether oxygens (including phenoxy) is 1. The number of carboxylic acid groups (broad SMARTS) is 1. The molecule has 1 fully saturated rings. The van der Waals surface area contributed by atoms with Gasteiger partial charge in [0.15, 0.2) is 0 Å². The molecule has 0 radical (unpaired) electrons. The number of nitrogens with zero attached hydrogens (tertiary/aromatic N) is 1. The molecule has 7 heteroatoms. The first-order valence-electron chi connectivity index (χ1n) is 6.17. The van der Waals surface area contributed by atoms with Gasteiger partial charge >= 0.3 is 5.97 Å². The highest BCUT2D eigenvalue weighted by molar-refractivity contribution is 7.89. The van der Waals surface area contributed by atoms with Crippen molar-refractivity contribution >= 4 is 16.0 Å². The van der Waals surface area contributed by atoms with Crippen LogP contribution in [-0.2, 0) is 19.6 Å². The Morgan fingerprint density at radius 2 is 2.11 bits per heavy atom. The van der Waals surface area contributed by atoms with Gasteiger partial charge in [-0.3, -0.25) is 4.79 Å². The first-order valence-corrected chi connectivity index (χ1v) is 7.78. The summed E-state index contributed by atoms with van der Waals surface area (Å²) in [4.78, 5) is 11.2. The maximum absolute atomic E-state index is 12.0. The molecule has 0 saturated carbocycles. The van der Waals surface area contributed by atoms with Gasteiger partial charge in [0.1, 0.15) is 0 Å². The average Bonchev–Trinajstić information content (AvgIpc) is 2.75. The van der Waals surface area contributed by atoms with E-state index in [2.05, 4.69) is 0 Å². The van der Waals surface area contributed by atoms with Gasteiger partial charge in [-0.25, -0.2) is 12.7 Å². The Morgan fingerprint density at radius 3 is 2.56 bits per heavy atom. The molecule has 1 unspecified atom stereocenters. The number of carbonyl (C=O) groups is 1. The summed E-state index contributed by atoms with van der Waals surface area (Å²) in [6.07, 6.45) is 0.826. The second-order valence-corrected chi connectivity index (χ2v) is 6.62. The summed E-state index contributed by atoms with van der Waals surface area (Å²) >= 11 is 0. The minimum absolute atomic E-state index is 0.0767. The number of hydrogen-bond donors (Lipinski definition) is 1. The first-order chi connectivity index (χ1) is 8.38. The van der Waals surface area contributed by atoms with E-state index < -0.39 is 21.4 Å². The van der Waals surface area contributed by atoms with Crippen molar-refractivity contribution in [1.82, 2.24) is 4.31 Å². The molecule has 1 heterocycles. The molecule has 1 atom stereocenters. The first kappa shape index (κ1) is 15.4. The number of carboxylic acids is 1. The molecular weight excluding hydrogens is 258 g/mol. The summed E-state index contributed by atoms with van der Waals surface area (Å²) in [5.41, 5.74) is -0.918. The van der Waals surface area contributed by atoms with Crippen LogP contribution in [0.15, 0.2) is 0 Å². The number of sulfonamides is 1. The van der Waals surface area contributed by atoms with Crippen LogP contribution in [0.25, 0.3) is 0 Å². The lowest BCUT2D eigenvalue weighted by Gasteiger charge is -2.22. The van der Waals surface area contributed by atoms with E-state index in [-0.39, 0.29) is 25.4 Å². The highest BCUT2D eigenvalue weighted by Crippen LogP contribution is 2.35. The topological polar surface area (TPSA) is 83.9 Å². The van der Waals surface area contributed by atoms with Gasteiger partial charge in [-0.15, -0.1) is 0 Å². The van der Waals surface area contributed by atoms with E-state index in [9.17, 15) is 18.3 Å². The average molecular weight is 279 g/mol. The third-order valence-electron chi connectivity index (χ3n) is 3.53. The summed E-state index contributed by atoms with van der Waals surface area (Å²) in [7, 11) is -3.40. The van der Waals surface area contributed by atoms with Gasteiger partial charge in [0.05, 0.1) is 17.8 Å². The Balaban J connectivity index is 2.68. The maximum atomic E-state index is 12.0. The normalized spacial score (nSPS) is 25.4. The van der Waals surface area contributed by atoms with Gasteiger partial charge in [-0.05, 0) is 19.8 Å². The lowest BCUT2D eigenvalue weighted by atomic mass is 9.85. The number of hydrogen-bond acceptors (Lipinski definition) is 4. The van der Waals surface area contributed by atoms with Crippen LogP contribution < -0.4 is 0 Å². The monoisotopic (exact) mass is 279 g/mol. The van der Waals surface area contributed by atoms with Crippen molar-refractivity contribution in [3.63, 3.8) is 0 Å². The van der Waals surface area contributed by atoms with Gasteiger partial charge in [0.25, 0.3) is 0 Å². The fourth-order valence-electron chi connectivity index (χ4n) is 2.12. The van der Waals surface area contributed by atoms with Crippen molar-refractivity contribution < 1.29 is 23.1 Å². The fraction of sp³-hybridized carbons (Fsp3) is 0.909. The molecular formula is C11H21NO5S. The smallest absolute Gasteiger partial charge is 0.311 e.